The third-order valence-electron chi connectivity index (χ3n) is 2.39. The van der Waals surface area contributed by atoms with Crippen LogP contribution in [0, 0.1) is 6.92 Å². The Hall–Kier alpha value is -1.61. The van der Waals surface area contributed by atoms with E-state index < -0.39 is 0 Å². The highest BCUT2D eigenvalue weighted by Gasteiger charge is 2.13. The van der Waals surface area contributed by atoms with Crippen molar-refractivity contribution >= 4 is 0 Å². The average Bonchev–Trinajstić information content (AvgIpc) is 2.66. The van der Waals surface area contributed by atoms with Gasteiger partial charge in [-0.3, -0.25) is 4.98 Å². The van der Waals surface area contributed by atoms with E-state index in [4.69, 9.17) is 10.2 Å². The SMILES string of the molecule is Cc1ccoc1C(N)Cc1ccccn1. The van der Waals surface area contributed by atoms with Crippen LogP contribution in [0.3, 0.4) is 0 Å². The highest BCUT2D eigenvalue weighted by molar-refractivity contribution is 5.19. The molecule has 1 unspecified atom stereocenters. The second kappa shape index (κ2) is 4.28. The third kappa shape index (κ3) is 2.25. The van der Waals surface area contributed by atoms with Crippen molar-refractivity contribution in [1.82, 2.24) is 4.98 Å². The second-order valence-electron chi connectivity index (χ2n) is 3.60. The smallest absolute Gasteiger partial charge is 0.123 e. The van der Waals surface area contributed by atoms with E-state index in [1.54, 1.807) is 12.5 Å². The van der Waals surface area contributed by atoms with Crippen LogP contribution in [0.2, 0.25) is 0 Å². The van der Waals surface area contributed by atoms with Crippen molar-refractivity contribution < 1.29 is 4.42 Å². The summed E-state index contributed by atoms with van der Waals surface area (Å²) in [6, 6.07) is 7.64. The summed E-state index contributed by atoms with van der Waals surface area (Å²) in [6.07, 6.45) is 4.15. The molecule has 2 N–H and O–H groups in total. The molecule has 0 aromatic carbocycles. The van der Waals surface area contributed by atoms with Crippen LogP contribution in [0.15, 0.2) is 41.1 Å². The first-order valence-corrected chi connectivity index (χ1v) is 4.97. The molecule has 0 aliphatic rings. The number of rotatable bonds is 3. The van der Waals surface area contributed by atoms with Crippen LogP contribution >= 0.6 is 0 Å². The van der Waals surface area contributed by atoms with E-state index in [1.807, 2.05) is 31.2 Å². The van der Waals surface area contributed by atoms with Crippen molar-refractivity contribution in [2.45, 2.75) is 19.4 Å². The van der Waals surface area contributed by atoms with Crippen LogP contribution in [-0.4, -0.2) is 4.98 Å². The van der Waals surface area contributed by atoms with Gasteiger partial charge in [0.15, 0.2) is 0 Å². The number of pyridine rings is 1. The monoisotopic (exact) mass is 202 g/mol. The molecule has 3 heteroatoms. The molecule has 0 saturated carbocycles. The summed E-state index contributed by atoms with van der Waals surface area (Å²) >= 11 is 0. The number of nitrogens with zero attached hydrogens (tertiary/aromatic N) is 1. The molecule has 2 heterocycles. The van der Waals surface area contributed by atoms with E-state index >= 15 is 0 Å². The van der Waals surface area contributed by atoms with Gasteiger partial charge >= 0.3 is 0 Å². The fourth-order valence-electron chi connectivity index (χ4n) is 1.60. The van der Waals surface area contributed by atoms with Crippen LogP contribution in [-0.2, 0) is 6.42 Å². The summed E-state index contributed by atoms with van der Waals surface area (Å²) in [5.74, 6) is 0.848. The quantitative estimate of drug-likeness (QED) is 0.830. The molecule has 2 aromatic rings. The van der Waals surface area contributed by atoms with E-state index in [0.717, 1.165) is 17.0 Å². The number of aryl methyl sites for hydroxylation is 1. The van der Waals surface area contributed by atoms with Crippen LogP contribution in [0.25, 0.3) is 0 Å². The Morgan fingerprint density at radius 2 is 2.27 bits per heavy atom. The molecule has 2 rings (SSSR count). The Bertz CT molecular complexity index is 422. The second-order valence-corrected chi connectivity index (χ2v) is 3.60. The molecule has 0 fully saturated rings. The molecule has 0 radical (unpaired) electrons. The molecule has 0 bridgehead atoms. The van der Waals surface area contributed by atoms with E-state index in [0.29, 0.717) is 6.42 Å². The lowest BCUT2D eigenvalue weighted by Gasteiger charge is -2.09. The first-order valence-electron chi connectivity index (χ1n) is 4.97. The average molecular weight is 202 g/mol. The Balaban J connectivity index is 2.11. The Kier molecular flexibility index (Phi) is 2.83. The minimum absolute atomic E-state index is 0.116. The summed E-state index contributed by atoms with van der Waals surface area (Å²) in [5.41, 5.74) is 8.12. The molecule has 0 amide bonds. The summed E-state index contributed by atoms with van der Waals surface area (Å²) in [5, 5.41) is 0. The largest absolute Gasteiger partial charge is 0.467 e. The standard InChI is InChI=1S/C12H14N2O/c1-9-5-7-15-12(9)11(13)8-10-4-2-3-6-14-10/h2-7,11H,8,13H2,1H3. The van der Waals surface area contributed by atoms with Crippen molar-refractivity contribution in [3.8, 4) is 0 Å². The van der Waals surface area contributed by atoms with E-state index in [-0.39, 0.29) is 6.04 Å². The van der Waals surface area contributed by atoms with Crippen molar-refractivity contribution in [2.24, 2.45) is 5.73 Å². The van der Waals surface area contributed by atoms with Gasteiger partial charge in [-0.1, -0.05) is 6.07 Å². The van der Waals surface area contributed by atoms with Gasteiger partial charge in [0.2, 0.25) is 0 Å². The van der Waals surface area contributed by atoms with Gasteiger partial charge in [0.25, 0.3) is 0 Å². The maximum Gasteiger partial charge on any atom is 0.123 e. The van der Waals surface area contributed by atoms with Gasteiger partial charge in [-0.05, 0) is 30.7 Å². The predicted octanol–water partition coefficient (Wildman–Crippen LogP) is 2.23. The van der Waals surface area contributed by atoms with Gasteiger partial charge in [-0.25, -0.2) is 0 Å². The van der Waals surface area contributed by atoms with Gasteiger partial charge in [-0.2, -0.15) is 0 Å². The number of hydrogen-bond acceptors (Lipinski definition) is 3. The maximum absolute atomic E-state index is 6.04. The molecule has 0 aliphatic carbocycles. The fraction of sp³-hybridized carbons (Fsp3) is 0.250. The lowest BCUT2D eigenvalue weighted by Crippen LogP contribution is -2.14. The molecule has 78 valence electrons. The predicted molar refractivity (Wildman–Crippen MR) is 58.3 cm³/mol. The zero-order chi connectivity index (χ0) is 10.7. The van der Waals surface area contributed by atoms with Gasteiger partial charge in [0.1, 0.15) is 5.76 Å². The van der Waals surface area contributed by atoms with E-state index in [9.17, 15) is 0 Å². The van der Waals surface area contributed by atoms with Crippen molar-refractivity contribution in [1.29, 1.82) is 0 Å². The third-order valence-corrected chi connectivity index (χ3v) is 2.39. The van der Waals surface area contributed by atoms with Crippen LogP contribution in [0.4, 0.5) is 0 Å². The Labute approximate surface area is 88.9 Å². The van der Waals surface area contributed by atoms with Gasteiger partial charge < -0.3 is 10.2 Å². The fourth-order valence-corrected chi connectivity index (χ4v) is 1.60. The number of nitrogens with two attached hydrogens (primary N) is 1. The van der Waals surface area contributed by atoms with Crippen molar-refractivity contribution in [3.63, 3.8) is 0 Å². The minimum Gasteiger partial charge on any atom is -0.467 e. The van der Waals surface area contributed by atoms with Crippen LogP contribution < -0.4 is 5.73 Å². The molecule has 0 aliphatic heterocycles. The normalized spacial score (nSPS) is 12.7. The first kappa shape index (κ1) is 9.93. The Morgan fingerprint density at radius 3 is 2.87 bits per heavy atom. The summed E-state index contributed by atoms with van der Waals surface area (Å²) in [7, 11) is 0. The van der Waals surface area contributed by atoms with Gasteiger partial charge in [0, 0.05) is 18.3 Å². The van der Waals surface area contributed by atoms with E-state index in [1.165, 1.54) is 0 Å². The zero-order valence-corrected chi connectivity index (χ0v) is 8.68. The van der Waals surface area contributed by atoms with Crippen LogP contribution in [0.5, 0.6) is 0 Å². The zero-order valence-electron chi connectivity index (χ0n) is 8.68. The molecular formula is C12H14N2O. The van der Waals surface area contributed by atoms with Crippen LogP contribution in [0.1, 0.15) is 23.1 Å². The van der Waals surface area contributed by atoms with Crippen molar-refractivity contribution in [2.75, 3.05) is 0 Å². The summed E-state index contributed by atoms with van der Waals surface area (Å²) < 4.78 is 5.35. The van der Waals surface area contributed by atoms with Gasteiger partial charge in [0.05, 0.1) is 12.3 Å². The summed E-state index contributed by atoms with van der Waals surface area (Å²) in [6.45, 7) is 2.00. The highest BCUT2D eigenvalue weighted by Crippen LogP contribution is 2.19. The number of aromatic nitrogens is 1. The first-order chi connectivity index (χ1) is 7.27. The highest BCUT2D eigenvalue weighted by atomic mass is 16.3. The van der Waals surface area contributed by atoms with Gasteiger partial charge in [-0.15, -0.1) is 0 Å². The number of hydrogen-bond donors (Lipinski definition) is 1. The molecule has 1 atom stereocenters. The maximum atomic E-state index is 6.04. The molecular weight excluding hydrogens is 188 g/mol. The molecule has 15 heavy (non-hydrogen) atoms. The summed E-state index contributed by atoms with van der Waals surface area (Å²) in [4.78, 5) is 4.24. The topological polar surface area (TPSA) is 52.0 Å². The molecule has 0 spiro atoms. The van der Waals surface area contributed by atoms with Crippen molar-refractivity contribution in [3.05, 3.63) is 53.7 Å². The lowest BCUT2D eigenvalue weighted by molar-refractivity contribution is 0.460. The Morgan fingerprint density at radius 1 is 1.40 bits per heavy atom. The van der Waals surface area contributed by atoms with E-state index in [2.05, 4.69) is 4.98 Å². The lowest BCUT2D eigenvalue weighted by atomic mass is 10.1. The molecule has 2 aromatic heterocycles. The molecule has 3 nitrogen and oxygen atoms in total. The minimum atomic E-state index is -0.116. The molecule has 0 saturated heterocycles. The number of furan rings is 1.